The molecule has 192 valence electrons. The van der Waals surface area contributed by atoms with Crippen LogP contribution in [0.4, 0.5) is 0 Å². The van der Waals surface area contributed by atoms with Crippen molar-refractivity contribution in [1.29, 1.82) is 0 Å². The highest BCUT2D eigenvalue weighted by molar-refractivity contribution is 6.46. The minimum absolute atomic E-state index is 0.00161. The Bertz CT molecular complexity index is 1350. The van der Waals surface area contributed by atoms with Crippen LogP contribution >= 0.6 is 0 Å². The average Bonchev–Trinajstić information content (AvgIpc) is 3.13. The molecule has 37 heavy (non-hydrogen) atoms. The van der Waals surface area contributed by atoms with E-state index in [2.05, 4.69) is 4.98 Å². The molecule has 0 spiro atoms. The Morgan fingerprint density at radius 3 is 2.43 bits per heavy atom. The van der Waals surface area contributed by atoms with Crippen molar-refractivity contribution in [3.63, 3.8) is 0 Å². The van der Waals surface area contributed by atoms with E-state index in [9.17, 15) is 14.7 Å². The quantitative estimate of drug-likeness (QED) is 0.268. The molecule has 0 saturated carbocycles. The molecule has 0 bridgehead atoms. The zero-order valence-corrected chi connectivity index (χ0v) is 21.5. The van der Waals surface area contributed by atoms with Crippen LogP contribution in [0.1, 0.15) is 42.1 Å². The van der Waals surface area contributed by atoms with E-state index in [1.807, 2.05) is 26.8 Å². The summed E-state index contributed by atoms with van der Waals surface area (Å²) in [6, 6.07) is 13.2. The number of hydrogen-bond acceptors (Lipinski definition) is 7. The van der Waals surface area contributed by atoms with Crippen molar-refractivity contribution in [2.75, 3.05) is 14.2 Å². The number of ether oxygens (including phenoxy) is 3. The van der Waals surface area contributed by atoms with E-state index in [0.29, 0.717) is 33.9 Å². The van der Waals surface area contributed by atoms with Crippen LogP contribution in [0.3, 0.4) is 0 Å². The van der Waals surface area contributed by atoms with Gasteiger partial charge in [-0.3, -0.25) is 14.6 Å². The number of ketones is 1. The summed E-state index contributed by atoms with van der Waals surface area (Å²) in [5, 5.41) is 11.5. The van der Waals surface area contributed by atoms with Crippen molar-refractivity contribution in [3.8, 4) is 17.2 Å². The largest absolute Gasteiger partial charge is 0.507 e. The van der Waals surface area contributed by atoms with Gasteiger partial charge in [-0.05, 0) is 73.9 Å². The number of aliphatic hydroxyl groups is 1. The predicted octanol–water partition coefficient (Wildman–Crippen LogP) is 4.82. The fourth-order valence-electron chi connectivity index (χ4n) is 4.49. The highest BCUT2D eigenvalue weighted by Gasteiger charge is 2.46. The standard InChI is InChI=1S/C29H30N2O6/c1-17(2)37-21-9-10-22(18(3)13-21)27(32)25-26(20-8-11-23(35-4)24(14-20)36-5)31(29(34)28(25)33)16-19-7-6-12-30-15-19/h6-15,17,26,32H,16H2,1-5H3/b27-25+/t26-/m1/s1. The Morgan fingerprint density at radius 1 is 1.05 bits per heavy atom. The van der Waals surface area contributed by atoms with Gasteiger partial charge in [0, 0.05) is 24.5 Å². The van der Waals surface area contributed by atoms with Gasteiger partial charge < -0.3 is 24.2 Å². The highest BCUT2D eigenvalue weighted by atomic mass is 16.5. The van der Waals surface area contributed by atoms with Crippen LogP contribution in [0.25, 0.3) is 5.76 Å². The van der Waals surface area contributed by atoms with Crippen molar-refractivity contribution < 1.29 is 28.9 Å². The summed E-state index contributed by atoms with van der Waals surface area (Å²) in [7, 11) is 3.04. The Hall–Kier alpha value is -4.33. The number of nitrogens with zero attached hydrogens (tertiary/aromatic N) is 2. The zero-order valence-electron chi connectivity index (χ0n) is 21.5. The SMILES string of the molecule is COc1ccc([C@@H]2/C(=C(\O)c3ccc(OC(C)C)cc3C)C(=O)C(=O)N2Cc2cccnc2)cc1OC. The Balaban J connectivity index is 1.87. The van der Waals surface area contributed by atoms with E-state index in [0.717, 1.165) is 5.56 Å². The second kappa shape index (κ2) is 10.7. The predicted molar refractivity (Wildman–Crippen MR) is 139 cm³/mol. The first-order valence-corrected chi connectivity index (χ1v) is 11.9. The van der Waals surface area contributed by atoms with E-state index in [4.69, 9.17) is 14.2 Å². The lowest BCUT2D eigenvalue weighted by Crippen LogP contribution is -2.29. The van der Waals surface area contributed by atoms with Gasteiger partial charge in [0.15, 0.2) is 11.5 Å². The summed E-state index contributed by atoms with van der Waals surface area (Å²) in [6.07, 6.45) is 3.27. The third-order valence-corrected chi connectivity index (χ3v) is 6.16. The number of Topliss-reactive ketones (excluding diaryl/α,β-unsaturated/α-hetero) is 1. The number of hydrogen-bond donors (Lipinski definition) is 1. The van der Waals surface area contributed by atoms with E-state index in [-0.39, 0.29) is 24.0 Å². The lowest BCUT2D eigenvalue weighted by molar-refractivity contribution is -0.140. The maximum atomic E-state index is 13.4. The molecule has 0 unspecified atom stereocenters. The summed E-state index contributed by atoms with van der Waals surface area (Å²) in [5.41, 5.74) is 2.50. The molecule has 4 rings (SSSR count). The van der Waals surface area contributed by atoms with Gasteiger partial charge in [0.1, 0.15) is 11.5 Å². The lowest BCUT2D eigenvalue weighted by atomic mass is 9.93. The molecule has 1 atom stereocenters. The van der Waals surface area contributed by atoms with Gasteiger partial charge in [-0.25, -0.2) is 0 Å². The first-order chi connectivity index (χ1) is 17.7. The number of aromatic nitrogens is 1. The Morgan fingerprint density at radius 2 is 1.81 bits per heavy atom. The molecule has 8 heteroatoms. The fourth-order valence-corrected chi connectivity index (χ4v) is 4.49. The molecule has 1 aromatic heterocycles. The molecule has 8 nitrogen and oxygen atoms in total. The molecular formula is C29H30N2O6. The number of benzene rings is 2. The van der Waals surface area contributed by atoms with E-state index < -0.39 is 17.7 Å². The van der Waals surface area contributed by atoms with Crippen LogP contribution in [0.5, 0.6) is 17.2 Å². The molecule has 0 radical (unpaired) electrons. The number of pyridine rings is 1. The van der Waals surface area contributed by atoms with Crippen LogP contribution < -0.4 is 14.2 Å². The highest BCUT2D eigenvalue weighted by Crippen LogP contribution is 2.43. The van der Waals surface area contributed by atoms with Crippen molar-refractivity contribution in [2.24, 2.45) is 0 Å². The maximum absolute atomic E-state index is 13.4. The molecule has 3 aromatic rings. The molecule has 1 N–H and O–H groups in total. The van der Waals surface area contributed by atoms with Gasteiger partial charge in [-0.2, -0.15) is 0 Å². The minimum atomic E-state index is -0.856. The van der Waals surface area contributed by atoms with Crippen LogP contribution in [-0.2, 0) is 16.1 Å². The summed E-state index contributed by atoms with van der Waals surface area (Å²) in [5.74, 6) is -0.117. The van der Waals surface area contributed by atoms with Crippen molar-refractivity contribution in [2.45, 2.75) is 39.5 Å². The molecule has 1 aliphatic heterocycles. The van der Waals surface area contributed by atoms with Gasteiger partial charge in [-0.15, -0.1) is 0 Å². The molecule has 1 saturated heterocycles. The number of methoxy groups -OCH3 is 2. The van der Waals surface area contributed by atoms with E-state index in [1.54, 1.807) is 54.9 Å². The van der Waals surface area contributed by atoms with E-state index >= 15 is 0 Å². The van der Waals surface area contributed by atoms with Gasteiger partial charge in [0.2, 0.25) is 0 Å². The third-order valence-electron chi connectivity index (χ3n) is 6.16. The third kappa shape index (κ3) is 5.14. The normalized spacial score (nSPS) is 16.8. The Labute approximate surface area is 216 Å². The topological polar surface area (TPSA) is 98.2 Å². The molecule has 1 amide bonds. The van der Waals surface area contributed by atoms with Crippen LogP contribution in [-0.4, -0.2) is 47.0 Å². The van der Waals surface area contributed by atoms with Crippen molar-refractivity contribution in [3.05, 3.63) is 88.8 Å². The molecular weight excluding hydrogens is 472 g/mol. The van der Waals surface area contributed by atoms with E-state index in [1.165, 1.54) is 19.1 Å². The van der Waals surface area contributed by atoms with Gasteiger partial charge >= 0.3 is 0 Å². The summed E-state index contributed by atoms with van der Waals surface area (Å²) in [4.78, 5) is 32.3. The lowest BCUT2D eigenvalue weighted by Gasteiger charge is -2.26. The first-order valence-electron chi connectivity index (χ1n) is 11.9. The summed E-state index contributed by atoms with van der Waals surface area (Å²) >= 11 is 0. The van der Waals surface area contributed by atoms with Crippen LogP contribution in [0.2, 0.25) is 0 Å². The first kappa shape index (κ1) is 25.8. The Kier molecular flexibility index (Phi) is 7.47. The molecule has 1 fully saturated rings. The number of carbonyl (C=O) groups excluding carboxylic acids is 2. The van der Waals surface area contributed by atoms with Gasteiger partial charge in [0.25, 0.3) is 11.7 Å². The maximum Gasteiger partial charge on any atom is 0.295 e. The zero-order chi connectivity index (χ0) is 26.7. The van der Waals surface area contributed by atoms with Crippen LogP contribution in [0, 0.1) is 6.92 Å². The second-order valence-corrected chi connectivity index (χ2v) is 9.05. The molecule has 2 aromatic carbocycles. The molecule has 2 heterocycles. The second-order valence-electron chi connectivity index (χ2n) is 9.05. The minimum Gasteiger partial charge on any atom is -0.507 e. The summed E-state index contributed by atoms with van der Waals surface area (Å²) in [6.45, 7) is 5.81. The number of amides is 1. The average molecular weight is 503 g/mol. The number of likely N-dealkylation sites (tertiary alicyclic amines) is 1. The van der Waals surface area contributed by atoms with Crippen LogP contribution in [0.15, 0.2) is 66.5 Å². The van der Waals surface area contributed by atoms with Gasteiger partial charge in [0.05, 0.1) is 31.9 Å². The number of rotatable bonds is 8. The monoisotopic (exact) mass is 502 g/mol. The fraction of sp³-hybridized carbons (Fsp3) is 0.276. The molecule has 0 aliphatic carbocycles. The number of aliphatic hydroxyl groups excluding tert-OH is 1. The van der Waals surface area contributed by atoms with Crippen molar-refractivity contribution >= 4 is 17.4 Å². The number of carbonyl (C=O) groups is 2. The van der Waals surface area contributed by atoms with Crippen molar-refractivity contribution in [1.82, 2.24) is 9.88 Å². The molecule has 1 aliphatic rings. The summed E-state index contributed by atoms with van der Waals surface area (Å²) < 4.78 is 16.6. The number of aryl methyl sites for hydroxylation is 1. The van der Waals surface area contributed by atoms with Gasteiger partial charge in [-0.1, -0.05) is 12.1 Å². The smallest absolute Gasteiger partial charge is 0.295 e.